The third-order valence-corrected chi connectivity index (χ3v) is 5.08. The molecule has 0 fully saturated rings. The Morgan fingerprint density at radius 1 is 1.23 bits per heavy atom. The van der Waals surface area contributed by atoms with E-state index in [9.17, 15) is 9.59 Å². The van der Waals surface area contributed by atoms with Crippen LogP contribution in [-0.2, 0) is 13.0 Å². The molecule has 4 aromatic rings. The predicted molar refractivity (Wildman–Crippen MR) is 106 cm³/mol. The molecule has 0 bridgehead atoms. The minimum Gasteiger partial charge on any atom is -0.360 e. The average molecular weight is 410 g/mol. The van der Waals surface area contributed by atoms with E-state index in [1.807, 2.05) is 24.3 Å². The smallest absolute Gasteiger partial charge is 0.261 e. The number of H-pyrrole nitrogens is 1. The van der Waals surface area contributed by atoms with E-state index < -0.39 is 0 Å². The molecule has 0 spiro atoms. The number of aromatic nitrogens is 3. The monoisotopic (exact) mass is 409 g/mol. The molecule has 0 radical (unpaired) electrons. The number of Topliss-reactive ketones (excluding diaryl/α,β-unsaturated/α-hetero) is 1. The Hall–Kier alpha value is -2.73. The summed E-state index contributed by atoms with van der Waals surface area (Å²) in [5.41, 5.74) is 3.12. The minimum atomic E-state index is -0.223. The van der Waals surface area contributed by atoms with Crippen molar-refractivity contribution in [2.75, 3.05) is 0 Å². The molecule has 0 aliphatic rings. The first kappa shape index (κ1) is 16.7. The van der Waals surface area contributed by atoms with Gasteiger partial charge in [-0.25, -0.2) is 4.98 Å². The largest absolute Gasteiger partial charge is 0.360 e. The summed E-state index contributed by atoms with van der Waals surface area (Å²) in [4.78, 5) is 33.0. The number of nitrogens with zero attached hydrogens (tertiary/aromatic N) is 2. The molecule has 1 N–H and O–H groups in total. The first-order chi connectivity index (χ1) is 12.6. The highest BCUT2D eigenvalue weighted by Crippen LogP contribution is 2.23. The van der Waals surface area contributed by atoms with Gasteiger partial charge in [0.15, 0.2) is 5.78 Å². The molecule has 0 atom stereocenters. The third-order valence-electron chi connectivity index (χ3n) is 4.58. The van der Waals surface area contributed by atoms with Crippen molar-refractivity contribution in [3.05, 3.63) is 74.9 Å². The lowest BCUT2D eigenvalue weighted by molar-refractivity contribution is 0.0972. The van der Waals surface area contributed by atoms with E-state index in [1.165, 1.54) is 10.9 Å². The molecule has 0 aliphatic carbocycles. The zero-order chi connectivity index (χ0) is 18.3. The van der Waals surface area contributed by atoms with E-state index in [-0.39, 0.29) is 17.9 Å². The molecule has 26 heavy (non-hydrogen) atoms. The number of rotatable bonds is 4. The van der Waals surface area contributed by atoms with Crippen molar-refractivity contribution in [1.29, 1.82) is 0 Å². The van der Waals surface area contributed by atoms with Crippen molar-refractivity contribution in [1.82, 2.24) is 14.5 Å². The van der Waals surface area contributed by atoms with Crippen LogP contribution in [0, 0.1) is 0 Å². The van der Waals surface area contributed by atoms with E-state index in [4.69, 9.17) is 0 Å². The molecule has 0 saturated heterocycles. The highest BCUT2D eigenvalue weighted by Gasteiger charge is 2.15. The van der Waals surface area contributed by atoms with Gasteiger partial charge in [0.25, 0.3) is 5.56 Å². The summed E-state index contributed by atoms with van der Waals surface area (Å²) < 4.78 is 2.16. The van der Waals surface area contributed by atoms with Gasteiger partial charge >= 0.3 is 0 Å². The Morgan fingerprint density at radius 3 is 2.88 bits per heavy atom. The Balaban J connectivity index is 1.74. The third kappa shape index (κ3) is 2.76. The average Bonchev–Trinajstić information content (AvgIpc) is 3.08. The number of para-hydroxylation sites is 1. The Bertz CT molecular complexity index is 1210. The summed E-state index contributed by atoms with van der Waals surface area (Å²) in [6, 6.07) is 11.3. The fourth-order valence-corrected chi connectivity index (χ4v) is 3.59. The number of fused-ring (bicyclic) bond motifs is 2. The summed E-state index contributed by atoms with van der Waals surface area (Å²) in [5, 5.41) is 1.38. The Morgan fingerprint density at radius 2 is 2.08 bits per heavy atom. The molecule has 2 aromatic heterocycles. The van der Waals surface area contributed by atoms with E-state index in [1.54, 1.807) is 18.3 Å². The number of carbonyl (C=O) groups is 1. The number of aryl methyl sites for hydroxylation is 1. The highest BCUT2D eigenvalue weighted by molar-refractivity contribution is 9.10. The van der Waals surface area contributed by atoms with Crippen LogP contribution in [-0.4, -0.2) is 20.3 Å². The highest BCUT2D eigenvalue weighted by atomic mass is 79.9. The lowest BCUT2D eigenvalue weighted by Gasteiger charge is -2.06. The lowest BCUT2D eigenvalue weighted by Crippen LogP contribution is -2.24. The van der Waals surface area contributed by atoms with Gasteiger partial charge in [-0.1, -0.05) is 41.1 Å². The van der Waals surface area contributed by atoms with Crippen LogP contribution in [0.15, 0.2) is 58.2 Å². The molecule has 0 amide bonds. The predicted octanol–water partition coefficient (Wildman–Crippen LogP) is 4.09. The van der Waals surface area contributed by atoms with E-state index in [0.717, 1.165) is 27.4 Å². The fraction of sp³-hybridized carbons (Fsp3) is 0.150. The number of hydrogen-bond donors (Lipinski definition) is 1. The first-order valence-corrected chi connectivity index (χ1v) is 9.14. The molecular formula is C20H16BrN3O2. The van der Waals surface area contributed by atoms with Crippen LogP contribution in [0.1, 0.15) is 22.8 Å². The molecule has 130 valence electrons. The topological polar surface area (TPSA) is 67.8 Å². The van der Waals surface area contributed by atoms with Crippen LogP contribution >= 0.6 is 15.9 Å². The van der Waals surface area contributed by atoms with Crippen molar-refractivity contribution in [3.63, 3.8) is 0 Å². The maximum Gasteiger partial charge on any atom is 0.261 e. The first-order valence-electron chi connectivity index (χ1n) is 8.35. The number of ketones is 1. The van der Waals surface area contributed by atoms with Crippen LogP contribution < -0.4 is 5.56 Å². The maximum atomic E-state index is 12.8. The van der Waals surface area contributed by atoms with Crippen molar-refractivity contribution in [2.24, 2.45) is 0 Å². The van der Waals surface area contributed by atoms with E-state index in [2.05, 4.69) is 32.8 Å². The summed E-state index contributed by atoms with van der Waals surface area (Å²) >= 11 is 3.37. The van der Waals surface area contributed by atoms with Crippen molar-refractivity contribution in [2.45, 2.75) is 19.9 Å². The molecule has 0 aliphatic heterocycles. The molecule has 0 saturated carbocycles. The molecule has 6 heteroatoms. The second-order valence-corrected chi connectivity index (χ2v) is 7.07. The zero-order valence-corrected chi connectivity index (χ0v) is 15.7. The fourth-order valence-electron chi connectivity index (χ4n) is 3.23. The van der Waals surface area contributed by atoms with Crippen LogP contribution in [0.5, 0.6) is 0 Å². The van der Waals surface area contributed by atoms with Gasteiger partial charge < -0.3 is 4.98 Å². The lowest BCUT2D eigenvalue weighted by atomic mass is 10.0. The van der Waals surface area contributed by atoms with Crippen molar-refractivity contribution in [3.8, 4) is 0 Å². The second kappa shape index (κ2) is 6.53. The molecule has 5 nitrogen and oxygen atoms in total. The standard InChI is InChI=1S/C20H16BrN3O2/c1-2-12-4-3-5-14-16(9-22-19(12)14)18(25)10-24-11-23-17-7-6-13(21)8-15(17)20(24)26/h3-9,11,22H,2,10H2,1H3. The summed E-state index contributed by atoms with van der Waals surface area (Å²) in [6.07, 6.45) is 4.04. The number of nitrogens with one attached hydrogen (secondary N) is 1. The van der Waals surface area contributed by atoms with E-state index in [0.29, 0.717) is 16.5 Å². The normalized spacial score (nSPS) is 11.3. The molecule has 2 aromatic carbocycles. The summed E-state index contributed by atoms with van der Waals surface area (Å²) in [5.74, 6) is -0.122. The van der Waals surface area contributed by atoms with E-state index >= 15 is 0 Å². The van der Waals surface area contributed by atoms with Gasteiger partial charge in [0.2, 0.25) is 0 Å². The van der Waals surface area contributed by atoms with Crippen LogP contribution in [0.4, 0.5) is 0 Å². The zero-order valence-electron chi connectivity index (χ0n) is 14.1. The number of aromatic amines is 1. The SMILES string of the molecule is CCc1cccc2c(C(=O)Cn3cnc4ccc(Br)cc4c3=O)c[nH]c12. The van der Waals surface area contributed by atoms with Gasteiger partial charge in [-0.05, 0) is 30.2 Å². The van der Waals surface area contributed by atoms with Crippen LogP contribution in [0.3, 0.4) is 0 Å². The molecule has 4 rings (SSSR count). The Kier molecular flexibility index (Phi) is 4.20. The molecule has 2 heterocycles. The number of carbonyl (C=O) groups excluding carboxylic acids is 1. The number of halogens is 1. The second-order valence-electron chi connectivity index (χ2n) is 6.16. The number of hydrogen-bond acceptors (Lipinski definition) is 3. The van der Waals surface area contributed by atoms with Crippen LogP contribution in [0.25, 0.3) is 21.8 Å². The molecule has 0 unspecified atom stereocenters. The van der Waals surface area contributed by atoms with Crippen molar-refractivity contribution < 1.29 is 4.79 Å². The van der Waals surface area contributed by atoms with Gasteiger partial charge in [-0.2, -0.15) is 0 Å². The minimum absolute atomic E-state index is 0.0441. The van der Waals surface area contributed by atoms with Gasteiger partial charge in [0.05, 0.1) is 23.8 Å². The Labute approximate surface area is 157 Å². The number of benzene rings is 2. The van der Waals surface area contributed by atoms with Crippen LogP contribution in [0.2, 0.25) is 0 Å². The van der Waals surface area contributed by atoms with Gasteiger partial charge in [-0.15, -0.1) is 0 Å². The van der Waals surface area contributed by atoms with Gasteiger partial charge in [0.1, 0.15) is 0 Å². The maximum absolute atomic E-state index is 12.8. The van der Waals surface area contributed by atoms with Gasteiger partial charge in [-0.3, -0.25) is 14.2 Å². The van der Waals surface area contributed by atoms with Gasteiger partial charge in [0, 0.05) is 27.1 Å². The van der Waals surface area contributed by atoms with Crippen molar-refractivity contribution >= 4 is 43.5 Å². The summed E-state index contributed by atoms with van der Waals surface area (Å²) in [6.45, 7) is 2.03. The molecular weight excluding hydrogens is 394 g/mol. The quantitative estimate of drug-likeness (QED) is 0.516. The summed E-state index contributed by atoms with van der Waals surface area (Å²) in [7, 11) is 0.